The molecule has 6 heteroatoms. The van der Waals surface area contributed by atoms with E-state index in [-0.39, 0.29) is 18.1 Å². The number of hydrogen-bond acceptors (Lipinski definition) is 5. The number of aromatic nitrogens is 2. The maximum Gasteiger partial charge on any atom is 0.229 e. The third-order valence-corrected chi connectivity index (χ3v) is 4.96. The number of likely N-dealkylation sites (tertiary alicyclic amines) is 1. The van der Waals surface area contributed by atoms with Gasteiger partial charge in [0, 0.05) is 25.5 Å². The second kappa shape index (κ2) is 5.99. The lowest BCUT2D eigenvalue weighted by molar-refractivity contribution is -0.132. The number of ether oxygens (including phenoxy) is 1. The zero-order valence-corrected chi connectivity index (χ0v) is 12.9. The zero-order valence-electron chi connectivity index (χ0n) is 12.9. The highest BCUT2D eigenvalue weighted by Crippen LogP contribution is 2.40. The van der Waals surface area contributed by atoms with Gasteiger partial charge in [-0.1, -0.05) is 5.16 Å². The molecular weight excluding hydrogens is 282 g/mol. The summed E-state index contributed by atoms with van der Waals surface area (Å²) < 4.78 is 11.0. The molecule has 2 atom stereocenters. The Morgan fingerprint density at radius 3 is 2.91 bits per heavy atom. The summed E-state index contributed by atoms with van der Waals surface area (Å²) in [5, 5.41) is 4.12. The molecule has 0 bridgehead atoms. The quantitative estimate of drug-likeness (QED) is 0.836. The minimum atomic E-state index is 0.00764. The van der Waals surface area contributed by atoms with Crippen LogP contribution in [-0.4, -0.2) is 40.2 Å². The smallest absolute Gasteiger partial charge is 0.229 e. The predicted octanol–water partition coefficient (Wildman–Crippen LogP) is 2.57. The van der Waals surface area contributed by atoms with Crippen molar-refractivity contribution in [2.45, 2.75) is 69.4 Å². The van der Waals surface area contributed by atoms with E-state index >= 15 is 0 Å². The Balaban J connectivity index is 1.37. The fourth-order valence-corrected chi connectivity index (χ4v) is 3.51. The first-order valence-corrected chi connectivity index (χ1v) is 8.56. The van der Waals surface area contributed by atoms with Gasteiger partial charge >= 0.3 is 0 Å². The lowest BCUT2D eigenvalue weighted by atomic mass is 10.1. The van der Waals surface area contributed by atoms with Crippen molar-refractivity contribution < 1.29 is 14.1 Å². The Hall–Kier alpha value is -1.43. The molecule has 22 heavy (non-hydrogen) atoms. The number of nitrogens with zero attached hydrogens (tertiary/aromatic N) is 3. The minimum absolute atomic E-state index is 0.00764. The number of carbonyl (C=O) groups is 1. The van der Waals surface area contributed by atoms with Crippen LogP contribution >= 0.6 is 0 Å². The fraction of sp³-hybridized carbons (Fsp3) is 0.812. The topological polar surface area (TPSA) is 68.5 Å². The van der Waals surface area contributed by atoms with Gasteiger partial charge in [0.2, 0.25) is 11.8 Å². The summed E-state index contributed by atoms with van der Waals surface area (Å²) in [4.78, 5) is 19.0. The van der Waals surface area contributed by atoms with E-state index in [1.807, 2.05) is 4.90 Å². The van der Waals surface area contributed by atoms with Crippen LogP contribution in [0.5, 0.6) is 0 Å². The first-order valence-electron chi connectivity index (χ1n) is 8.56. The molecule has 0 aromatic carbocycles. The third kappa shape index (κ3) is 2.89. The predicted molar refractivity (Wildman–Crippen MR) is 78.2 cm³/mol. The Bertz CT molecular complexity index is 534. The highest BCUT2D eigenvalue weighted by molar-refractivity contribution is 5.76. The number of carbonyl (C=O) groups excluding carboxylic acids is 1. The standard InChI is InChI=1S/C16H23N3O3/c20-14(8-7-12-3-2-10-21-12)19-9-1-4-13(19)15-17-16(22-18-15)11-5-6-11/h11-13H,1-10H2/t12-,13+/m0/s1. The lowest BCUT2D eigenvalue weighted by Crippen LogP contribution is -2.31. The van der Waals surface area contributed by atoms with E-state index in [4.69, 9.17) is 9.26 Å². The van der Waals surface area contributed by atoms with E-state index in [0.717, 1.165) is 64.0 Å². The van der Waals surface area contributed by atoms with Gasteiger partial charge in [-0.15, -0.1) is 0 Å². The second-order valence-electron chi connectivity index (χ2n) is 6.68. The second-order valence-corrected chi connectivity index (χ2v) is 6.68. The highest BCUT2D eigenvalue weighted by atomic mass is 16.5. The first-order chi connectivity index (χ1) is 10.8. The number of rotatable bonds is 5. The van der Waals surface area contributed by atoms with Crippen LogP contribution in [0.15, 0.2) is 4.52 Å². The Morgan fingerprint density at radius 1 is 1.23 bits per heavy atom. The zero-order chi connectivity index (χ0) is 14.9. The van der Waals surface area contributed by atoms with E-state index < -0.39 is 0 Å². The molecule has 6 nitrogen and oxygen atoms in total. The average Bonchev–Trinajstić information content (AvgIpc) is 3.02. The van der Waals surface area contributed by atoms with Crippen LogP contribution in [0.4, 0.5) is 0 Å². The Morgan fingerprint density at radius 2 is 2.14 bits per heavy atom. The van der Waals surface area contributed by atoms with E-state index in [9.17, 15) is 4.79 Å². The monoisotopic (exact) mass is 305 g/mol. The van der Waals surface area contributed by atoms with Gasteiger partial charge in [0.05, 0.1) is 12.1 Å². The van der Waals surface area contributed by atoms with Crippen molar-refractivity contribution >= 4 is 5.91 Å². The van der Waals surface area contributed by atoms with Crippen LogP contribution in [-0.2, 0) is 9.53 Å². The molecule has 4 rings (SSSR count). The maximum absolute atomic E-state index is 12.5. The van der Waals surface area contributed by atoms with Crippen LogP contribution in [0, 0.1) is 0 Å². The van der Waals surface area contributed by atoms with Gasteiger partial charge in [-0.2, -0.15) is 4.98 Å². The van der Waals surface area contributed by atoms with Crippen molar-refractivity contribution in [3.8, 4) is 0 Å². The summed E-state index contributed by atoms with van der Waals surface area (Å²) in [7, 11) is 0. The van der Waals surface area contributed by atoms with Crippen molar-refractivity contribution in [1.29, 1.82) is 0 Å². The molecule has 3 fully saturated rings. The van der Waals surface area contributed by atoms with E-state index in [2.05, 4.69) is 10.1 Å². The van der Waals surface area contributed by atoms with Gasteiger partial charge in [-0.05, 0) is 44.9 Å². The van der Waals surface area contributed by atoms with Crippen molar-refractivity contribution in [3.05, 3.63) is 11.7 Å². The van der Waals surface area contributed by atoms with Crippen molar-refractivity contribution in [2.75, 3.05) is 13.2 Å². The molecule has 2 saturated heterocycles. The largest absolute Gasteiger partial charge is 0.378 e. The summed E-state index contributed by atoms with van der Waals surface area (Å²) in [5.41, 5.74) is 0. The van der Waals surface area contributed by atoms with Gasteiger partial charge in [-0.3, -0.25) is 4.79 Å². The van der Waals surface area contributed by atoms with Crippen molar-refractivity contribution in [1.82, 2.24) is 15.0 Å². The first kappa shape index (κ1) is 14.2. The van der Waals surface area contributed by atoms with Gasteiger partial charge in [0.1, 0.15) is 0 Å². The van der Waals surface area contributed by atoms with Crippen molar-refractivity contribution in [2.24, 2.45) is 0 Å². The molecule has 2 aliphatic heterocycles. The molecule has 3 aliphatic rings. The molecule has 0 N–H and O–H groups in total. The number of hydrogen-bond donors (Lipinski definition) is 0. The molecule has 1 aromatic heterocycles. The van der Waals surface area contributed by atoms with Crippen LogP contribution in [0.1, 0.15) is 75.0 Å². The summed E-state index contributed by atoms with van der Waals surface area (Å²) in [6.07, 6.45) is 8.14. The van der Waals surface area contributed by atoms with Gasteiger partial charge in [0.15, 0.2) is 5.82 Å². The Kier molecular flexibility index (Phi) is 3.86. The summed E-state index contributed by atoms with van der Waals surface area (Å²) in [5.74, 6) is 2.13. The molecule has 0 unspecified atom stereocenters. The summed E-state index contributed by atoms with van der Waals surface area (Å²) >= 11 is 0. The molecular formula is C16H23N3O3. The molecule has 3 heterocycles. The molecule has 1 saturated carbocycles. The van der Waals surface area contributed by atoms with E-state index in [1.165, 1.54) is 0 Å². The van der Waals surface area contributed by atoms with E-state index in [0.29, 0.717) is 18.2 Å². The summed E-state index contributed by atoms with van der Waals surface area (Å²) in [6.45, 7) is 1.65. The normalized spacial score (nSPS) is 28.5. The van der Waals surface area contributed by atoms with Gasteiger partial charge < -0.3 is 14.2 Å². The molecule has 1 aromatic rings. The van der Waals surface area contributed by atoms with Gasteiger partial charge in [0.25, 0.3) is 0 Å². The average molecular weight is 305 g/mol. The van der Waals surface area contributed by atoms with Crippen LogP contribution in [0.2, 0.25) is 0 Å². The van der Waals surface area contributed by atoms with Crippen LogP contribution in [0.25, 0.3) is 0 Å². The maximum atomic E-state index is 12.5. The van der Waals surface area contributed by atoms with E-state index in [1.54, 1.807) is 0 Å². The SMILES string of the molecule is O=C(CC[C@@H]1CCCO1)N1CCC[C@@H]1c1noc(C2CC2)n1. The van der Waals surface area contributed by atoms with Gasteiger partial charge in [-0.25, -0.2) is 0 Å². The van der Waals surface area contributed by atoms with Crippen LogP contribution < -0.4 is 0 Å². The Labute approximate surface area is 130 Å². The van der Waals surface area contributed by atoms with Crippen LogP contribution in [0.3, 0.4) is 0 Å². The third-order valence-electron chi connectivity index (χ3n) is 4.96. The lowest BCUT2D eigenvalue weighted by Gasteiger charge is -2.22. The molecule has 0 spiro atoms. The highest BCUT2D eigenvalue weighted by Gasteiger charge is 2.36. The molecule has 1 amide bonds. The molecule has 120 valence electrons. The molecule has 1 aliphatic carbocycles. The molecule has 0 radical (unpaired) electrons. The summed E-state index contributed by atoms with van der Waals surface area (Å²) in [6, 6.07) is 0.00764. The number of amides is 1. The van der Waals surface area contributed by atoms with Crippen molar-refractivity contribution in [3.63, 3.8) is 0 Å². The minimum Gasteiger partial charge on any atom is -0.378 e. The fourth-order valence-electron chi connectivity index (χ4n) is 3.51.